The van der Waals surface area contributed by atoms with Gasteiger partial charge in [0.2, 0.25) is 0 Å². The smallest absolute Gasteiger partial charge is 0.119 e. The zero-order valence-corrected chi connectivity index (χ0v) is 13.5. The number of hydrogen-bond acceptors (Lipinski definition) is 2. The molecule has 1 atom stereocenters. The number of benzene rings is 2. The fourth-order valence-electron chi connectivity index (χ4n) is 1.97. The minimum atomic E-state index is 0.213. The highest BCUT2D eigenvalue weighted by Gasteiger charge is 2.04. The van der Waals surface area contributed by atoms with E-state index in [2.05, 4.69) is 6.92 Å². The van der Waals surface area contributed by atoms with Gasteiger partial charge in [-0.1, -0.05) is 48.3 Å². The number of halogens is 2. The van der Waals surface area contributed by atoms with Gasteiger partial charge < -0.3 is 10.5 Å². The monoisotopic (exact) mass is 323 g/mol. The van der Waals surface area contributed by atoms with Gasteiger partial charge >= 0.3 is 0 Å². The van der Waals surface area contributed by atoms with E-state index in [1.807, 2.05) is 30.3 Å². The van der Waals surface area contributed by atoms with E-state index in [9.17, 15) is 0 Å². The summed E-state index contributed by atoms with van der Waals surface area (Å²) in [5.41, 5.74) is 8.09. The molecule has 0 aromatic heterocycles. The summed E-state index contributed by atoms with van der Waals surface area (Å²) >= 11 is 12.0. The molecule has 0 saturated heterocycles. The highest BCUT2D eigenvalue weighted by Crippen LogP contribution is 2.23. The van der Waals surface area contributed by atoms with Gasteiger partial charge in [0.25, 0.3) is 0 Å². The zero-order valence-electron chi connectivity index (χ0n) is 12.0. The van der Waals surface area contributed by atoms with Gasteiger partial charge in [0.1, 0.15) is 12.4 Å². The molecule has 2 aromatic carbocycles. The van der Waals surface area contributed by atoms with Gasteiger partial charge in [-0.05, 0) is 42.7 Å². The van der Waals surface area contributed by atoms with Crippen molar-refractivity contribution in [2.75, 3.05) is 0 Å². The Morgan fingerprint density at radius 2 is 1.81 bits per heavy atom. The van der Waals surface area contributed by atoms with E-state index >= 15 is 0 Å². The molecule has 0 saturated carbocycles. The van der Waals surface area contributed by atoms with Gasteiger partial charge in [-0.2, -0.15) is 0 Å². The molecule has 0 aliphatic rings. The topological polar surface area (TPSA) is 35.2 Å². The van der Waals surface area contributed by atoms with E-state index in [0.717, 1.165) is 24.2 Å². The Balaban J connectivity index is 1.94. The molecule has 0 radical (unpaired) electrons. The Labute approximate surface area is 135 Å². The van der Waals surface area contributed by atoms with E-state index < -0.39 is 0 Å². The second-order valence-corrected chi connectivity index (χ2v) is 5.88. The van der Waals surface area contributed by atoms with Crippen molar-refractivity contribution in [2.24, 2.45) is 5.73 Å². The van der Waals surface area contributed by atoms with Crippen LogP contribution in [0.3, 0.4) is 0 Å². The van der Waals surface area contributed by atoms with E-state index in [1.54, 1.807) is 12.1 Å². The molecule has 0 spiro atoms. The fourth-order valence-corrected chi connectivity index (χ4v) is 2.43. The molecule has 4 heteroatoms. The molecule has 2 N–H and O–H groups in total. The summed E-state index contributed by atoms with van der Waals surface area (Å²) in [6, 6.07) is 13.6. The largest absolute Gasteiger partial charge is 0.489 e. The van der Waals surface area contributed by atoms with E-state index in [0.29, 0.717) is 16.7 Å². The maximum absolute atomic E-state index is 6.12. The van der Waals surface area contributed by atoms with E-state index in [-0.39, 0.29) is 6.04 Å². The van der Waals surface area contributed by atoms with Crippen LogP contribution in [0.25, 0.3) is 0 Å². The third-order valence-corrected chi connectivity index (χ3v) is 3.94. The number of ether oxygens (including phenoxy) is 1. The first-order chi connectivity index (χ1) is 10.1. The third kappa shape index (κ3) is 4.92. The summed E-state index contributed by atoms with van der Waals surface area (Å²) in [5.74, 6) is 0.815. The van der Waals surface area contributed by atoms with Crippen molar-refractivity contribution >= 4 is 23.2 Å². The zero-order chi connectivity index (χ0) is 15.2. The number of nitrogens with two attached hydrogens (primary N) is 1. The number of hydrogen-bond donors (Lipinski definition) is 1. The fraction of sp³-hybridized carbons (Fsp3) is 0.294. The van der Waals surface area contributed by atoms with Crippen molar-refractivity contribution < 1.29 is 4.74 Å². The predicted octanol–water partition coefficient (Wildman–Crippen LogP) is 4.85. The Morgan fingerprint density at radius 3 is 2.43 bits per heavy atom. The van der Waals surface area contributed by atoms with Gasteiger partial charge in [0.15, 0.2) is 0 Å². The normalized spacial score (nSPS) is 12.2. The second kappa shape index (κ2) is 7.69. The predicted molar refractivity (Wildman–Crippen MR) is 89.2 cm³/mol. The molecule has 2 rings (SSSR count). The average molecular weight is 324 g/mol. The van der Waals surface area contributed by atoms with Crippen LogP contribution in [0.15, 0.2) is 42.5 Å². The van der Waals surface area contributed by atoms with E-state index in [1.165, 1.54) is 5.56 Å². The molecular weight excluding hydrogens is 305 g/mol. The van der Waals surface area contributed by atoms with E-state index in [4.69, 9.17) is 33.7 Å². The lowest BCUT2D eigenvalue weighted by atomic mass is 10.0. The molecule has 0 amide bonds. The van der Waals surface area contributed by atoms with Crippen molar-refractivity contribution in [2.45, 2.75) is 32.4 Å². The molecule has 0 bridgehead atoms. The maximum Gasteiger partial charge on any atom is 0.119 e. The van der Waals surface area contributed by atoms with Crippen molar-refractivity contribution in [3.8, 4) is 5.75 Å². The first-order valence-electron chi connectivity index (χ1n) is 6.99. The van der Waals surface area contributed by atoms with Gasteiger partial charge in [-0.25, -0.2) is 0 Å². The standard InChI is InChI=1S/C17H19Cl2NO/c1-2-15(20)9-12-3-7-16(8-4-12)21-11-13-5-6-14(18)10-17(13)19/h3-8,10,15H,2,9,11,20H2,1H3. The second-order valence-electron chi connectivity index (χ2n) is 5.04. The molecule has 112 valence electrons. The summed E-state index contributed by atoms with van der Waals surface area (Å²) in [6.07, 6.45) is 1.87. The highest BCUT2D eigenvalue weighted by molar-refractivity contribution is 6.35. The van der Waals surface area contributed by atoms with Gasteiger partial charge in [0.05, 0.1) is 0 Å². The lowest BCUT2D eigenvalue weighted by Crippen LogP contribution is -2.21. The van der Waals surface area contributed by atoms with Crippen molar-refractivity contribution in [1.29, 1.82) is 0 Å². The molecule has 0 heterocycles. The van der Waals surface area contributed by atoms with Crippen molar-refractivity contribution in [3.05, 3.63) is 63.6 Å². The number of rotatable bonds is 6. The van der Waals surface area contributed by atoms with Crippen molar-refractivity contribution in [1.82, 2.24) is 0 Å². The van der Waals surface area contributed by atoms with Crippen LogP contribution in [0.1, 0.15) is 24.5 Å². The van der Waals surface area contributed by atoms with Crippen LogP contribution in [-0.2, 0) is 13.0 Å². The molecule has 21 heavy (non-hydrogen) atoms. The summed E-state index contributed by atoms with van der Waals surface area (Å²) in [5, 5.41) is 1.24. The SMILES string of the molecule is CCC(N)Cc1ccc(OCc2ccc(Cl)cc2Cl)cc1. The Morgan fingerprint density at radius 1 is 1.10 bits per heavy atom. The van der Waals surface area contributed by atoms with Gasteiger partial charge in [-0.15, -0.1) is 0 Å². The first-order valence-corrected chi connectivity index (χ1v) is 7.75. The molecule has 0 fully saturated rings. The van der Waals surface area contributed by atoms with Gasteiger partial charge in [0, 0.05) is 21.7 Å². The van der Waals surface area contributed by atoms with Crippen LogP contribution in [0.4, 0.5) is 0 Å². The Bertz CT molecular complexity index is 584. The van der Waals surface area contributed by atoms with Crippen LogP contribution >= 0.6 is 23.2 Å². The van der Waals surface area contributed by atoms with Crippen LogP contribution < -0.4 is 10.5 Å². The Kier molecular flexibility index (Phi) is 5.92. The molecule has 0 aliphatic carbocycles. The average Bonchev–Trinajstić information content (AvgIpc) is 2.48. The minimum absolute atomic E-state index is 0.213. The minimum Gasteiger partial charge on any atom is -0.489 e. The highest BCUT2D eigenvalue weighted by atomic mass is 35.5. The summed E-state index contributed by atoms with van der Waals surface area (Å²) in [7, 11) is 0. The van der Waals surface area contributed by atoms with Crippen LogP contribution in [-0.4, -0.2) is 6.04 Å². The summed E-state index contributed by atoms with van der Waals surface area (Å²) < 4.78 is 5.74. The first kappa shape index (κ1) is 16.2. The lowest BCUT2D eigenvalue weighted by molar-refractivity contribution is 0.306. The molecule has 2 nitrogen and oxygen atoms in total. The van der Waals surface area contributed by atoms with Gasteiger partial charge in [-0.3, -0.25) is 0 Å². The maximum atomic E-state index is 6.12. The van der Waals surface area contributed by atoms with Crippen LogP contribution in [0, 0.1) is 0 Å². The van der Waals surface area contributed by atoms with Crippen LogP contribution in [0.5, 0.6) is 5.75 Å². The lowest BCUT2D eigenvalue weighted by Gasteiger charge is -2.11. The van der Waals surface area contributed by atoms with Crippen molar-refractivity contribution in [3.63, 3.8) is 0 Å². The van der Waals surface area contributed by atoms with Crippen LogP contribution in [0.2, 0.25) is 10.0 Å². The third-order valence-electron chi connectivity index (χ3n) is 3.36. The molecule has 2 aromatic rings. The molecule has 0 aliphatic heterocycles. The summed E-state index contributed by atoms with van der Waals surface area (Å²) in [6.45, 7) is 2.52. The molecular formula is C17H19Cl2NO. The Hall–Kier alpha value is -1.22. The summed E-state index contributed by atoms with van der Waals surface area (Å²) in [4.78, 5) is 0. The molecule has 1 unspecified atom stereocenters. The quantitative estimate of drug-likeness (QED) is 0.824.